The van der Waals surface area contributed by atoms with Gasteiger partial charge < -0.3 is 10.2 Å². The third-order valence-electron chi connectivity index (χ3n) is 5.84. The molecule has 7 nitrogen and oxygen atoms in total. The Bertz CT molecular complexity index is 1060. The number of benzene rings is 2. The van der Waals surface area contributed by atoms with E-state index in [0.717, 1.165) is 28.1 Å². The van der Waals surface area contributed by atoms with Gasteiger partial charge in [0.1, 0.15) is 12.6 Å². The molecule has 0 bridgehead atoms. The van der Waals surface area contributed by atoms with Gasteiger partial charge in [-0.3, -0.25) is 13.9 Å². The van der Waals surface area contributed by atoms with E-state index in [2.05, 4.69) is 5.32 Å². The number of carbonyl (C=O) groups is 2. The highest BCUT2D eigenvalue weighted by Gasteiger charge is 2.31. The highest BCUT2D eigenvalue weighted by atomic mass is 32.2. The summed E-state index contributed by atoms with van der Waals surface area (Å²) >= 11 is 0. The molecule has 0 aliphatic heterocycles. The van der Waals surface area contributed by atoms with Gasteiger partial charge in [-0.2, -0.15) is 0 Å². The van der Waals surface area contributed by atoms with E-state index >= 15 is 0 Å². The molecule has 2 aromatic carbocycles. The van der Waals surface area contributed by atoms with Crippen LogP contribution in [0.25, 0.3) is 0 Å². The molecule has 1 N–H and O–H groups in total. The molecule has 0 radical (unpaired) electrons. The van der Waals surface area contributed by atoms with E-state index < -0.39 is 22.0 Å². The van der Waals surface area contributed by atoms with E-state index in [0.29, 0.717) is 25.1 Å². The molecule has 34 heavy (non-hydrogen) atoms. The number of anilines is 1. The maximum Gasteiger partial charge on any atom is 0.244 e. The fourth-order valence-corrected chi connectivity index (χ4v) is 4.58. The molecule has 0 aliphatic carbocycles. The lowest BCUT2D eigenvalue weighted by Crippen LogP contribution is -2.54. The van der Waals surface area contributed by atoms with E-state index in [9.17, 15) is 18.0 Å². The van der Waals surface area contributed by atoms with Crippen LogP contribution in [0.5, 0.6) is 0 Å². The van der Waals surface area contributed by atoms with Crippen molar-refractivity contribution in [1.29, 1.82) is 0 Å². The molecule has 8 heteroatoms. The van der Waals surface area contributed by atoms with E-state index in [1.54, 1.807) is 18.2 Å². The van der Waals surface area contributed by atoms with Crippen molar-refractivity contribution < 1.29 is 18.0 Å². The zero-order chi connectivity index (χ0) is 25.3. The van der Waals surface area contributed by atoms with Crippen LogP contribution in [0, 0.1) is 6.92 Å². The predicted molar refractivity (Wildman–Crippen MR) is 137 cm³/mol. The van der Waals surface area contributed by atoms with Gasteiger partial charge in [0.15, 0.2) is 0 Å². The van der Waals surface area contributed by atoms with Crippen molar-refractivity contribution in [2.45, 2.75) is 59.0 Å². The fourth-order valence-electron chi connectivity index (χ4n) is 3.73. The summed E-state index contributed by atoms with van der Waals surface area (Å²) in [6, 6.07) is 16.0. The van der Waals surface area contributed by atoms with Gasteiger partial charge in [0.25, 0.3) is 0 Å². The number of carbonyl (C=O) groups excluding carboxylic acids is 2. The average molecular weight is 488 g/mol. The first kappa shape index (κ1) is 27.4. The van der Waals surface area contributed by atoms with Crippen LogP contribution in [-0.4, -0.2) is 56.6 Å². The highest BCUT2D eigenvalue weighted by Crippen LogP contribution is 2.20. The Morgan fingerprint density at radius 1 is 1.00 bits per heavy atom. The summed E-state index contributed by atoms with van der Waals surface area (Å²) in [5.74, 6) is -0.631. The minimum atomic E-state index is -3.72. The fraction of sp³-hybridized carbons (Fsp3) is 0.462. The molecule has 2 atom stereocenters. The summed E-state index contributed by atoms with van der Waals surface area (Å²) in [6.45, 7) is 7.56. The van der Waals surface area contributed by atoms with Crippen molar-refractivity contribution in [3.8, 4) is 0 Å². The summed E-state index contributed by atoms with van der Waals surface area (Å²) in [5.41, 5.74) is 2.35. The molecule has 0 aliphatic rings. The zero-order valence-corrected chi connectivity index (χ0v) is 21.6. The van der Waals surface area contributed by atoms with Gasteiger partial charge in [0, 0.05) is 12.6 Å². The van der Waals surface area contributed by atoms with E-state index in [4.69, 9.17) is 0 Å². The van der Waals surface area contributed by atoms with Crippen molar-refractivity contribution in [1.82, 2.24) is 10.2 Å². The Kier molecular flexibility index (Phi) is 10.1. The maximum atomic E-state index is 13.6. The standard InChI is InChI=1S/C26H37N3O4S/c1-6-21(4)27-26(31)24(7-2)28(17-16-22-13-9-8-10-14-22)25(30)19-29(34(5,32)33)23-15-11-12-20(3)18-23/h8-15,18,21,24H,6-7,16-17,19H2,1-5H3,(H,27,31)/t21-,24-/m1/s1. The van der Waals surface area contributed by atoms with Crippen LogP contribution in [0.15, 0.2) is 54.6 Å². The van der Waals surface area contributed by atoms with Crippen LogP contribution in [0.2, 0.25) is 0 Å². The second kappa shape index (κ2) is 12.6. The Morgan fingerprint density at radius 2 is 1.68 bits per heavy atom. The van der Waals surface area contributed by atoms with E-state index in [1.165, 1.54) is 4.90 Å². The van der Waals surface area contributed by atoms with Crippen molar-refractivity contribution in [3.63, 3.8) is 0 Å². The van der Waals surface area contributed by atoms with Gasteiger partial charge in [0.05, 0.1) is 11.9 Å². The maximum absolute atomic E-state index is 13.6. The number of aryl methyl sites for hydroxylation is 1. The normalized spacial score (nSPS) is 13.1. The average Bonchev–Trinajstić information content (AvgIpc) is 2.79. The first-order valence-corrected chi connectivity index (χ1v) is 13.6. The van der Waals surface area contributed by atoms with Crippen LogP contribution >= 0.6 is 0 Å². The molecule has 0 saturated carbocycles. The molecule has 2 aromatic rings. The van der Waals surface area contributed by atoms with Gasteiger partial charge in [0.2, 0.25) is 21.8 Å². The van der Waals surface area contributed by atoms with Crippen LogP contribution in [0.3, 0.4) is 0 Å². The Labute approximate surface area is 204 Å². The molecule has 0 saturated heterocycles. The Balaban J connectivity index is 2.36. The smallest absolute Gasteiger partial charge is 0.244 e. The van der Waals surface area contributed by atoms with Gasteiger partial charge in [-0.15, -0.1) is 0 Å². The minimum Gasteiger partial charge on any atom is -0.352 e. The molecule has 0 unspecified atom stereocenters. The summed E-state index contributed by atoms with van der Waals surface area (Å²) in [7, 11) is -3.72. The summed E-state index contributed by atoms with van der Waals surface area (Å²) < 4.78 is 26.3. The van der Waals surface area contributed by atoms with Crippen molar-refractivity contribution >= 4 is 27.5 Å². The lowest BCUT2D eigenvalue weighted by atomic mass is 10.1. The first-order valence-electron chi connectivity index (χ1n) is 11.7. The van der Waals surface area contributed by atoms with Crippen molar-refractivity contribution in [3.05, 3.63) is 65.7 Å². The largest absolute Gasteiger partial charge is 0.352 e. The number of sulfonamides is 1. The lowest BCUT2D eigenvalue weighted by Gasteiger charge is -2.33. The second-order valence-electron chi connectivity index (χ2n) is 8.67. The Morgan fingerprint density at radius 3 is 2.24 bits per heavy atom. The quantitative estimate of drug-likeness (QED) is 0.496. The molecule has 2 amide bonds. The number of nitrogens with one attached hydrogen (secondary N) is 1. The monoisotopic (exact) mass is 487 g/mol. The van der Waals surface area contributed by atoms with Gasteiger partial charge in [-0.1, -0.05) is 56.3 Å². The molecule has 2 rings (SSSR count). The predicted octanol–water partition coefficient (Wildman–Crippen LogP) is 3.53. The van der Waals surface area contributed by atoms with E-state index in [-0.39, 0.29) is 18.5 Å². The molecular formula is C26H37N3O4S. The van der Waals surface area contributed by atoms with Crippen LogP contribution in [0.4, 0.5) is 5.69 Å². The zero-order valence-electron chi connectivity index (χ0n) is 20.8. The number of nitrogens with zero attached hydrogens (tertiary/aromatic N) is 2. The molecule has 0 fully saturated rings. The Hall–Kier alpha value is -2.87. The molecule has 0 aromatic heterocycles. The number of amides is 2. The van der Waals surface area contributed by atoms with Gasteiger partial charge in [-0.25, -0.2) is 8.42 Å². The van der Waals surface area contributed by atoms with Crippen LogP contribution < -0.4 is 9.62 Å². The first-order chi connectivity index (χ1) is 16.1. The SMILES string of the molecule is CC[C@@H](C)NC(=O)[C@@H](CC)N(CCc1ccccc1)C(=O)CN(c1cccc(C)c1)S(C)(=O)=O. The molecule has 186 valence electrons. The van der Waals surface area contributed by atoms with Crippen molar-refractivity contribution in [2.24, 2.45) is 0 Å². The minimum absolute atomic E-state index is 0.0209. The number of hydrogen-bond donors (Lipinski definition) is 1. The second-order valence-corrected chi connectivity index (χ2v) is 10.6. The molecular weight excluding hydrogens is 450 g/mol. The summed E-state index contributed by atoms with van der Waals surface area (Å²) in [6.07, 6.45) is 2.84. The summed E-state index contributed by atoms with van der Waals surface area (Å²) in [4.78, 5) is 28.2. The number of rotatable bonds is 12. The van der Waals surface area contributed by atoms with Crippen LogP contribution in [-0.2, 0) is 26.0 Å². The summed E-state index contributed by atoms with van der Waals surface area (Å²) in [5, 5.41) is 2.97. The highest BCUT2D eigenvalue weighted by molar-refractivity contribution is 7.92. The molecule has 0 heterocycles. The van der Waals surface area contributed by atoms with Gasteiger partial charge in [-0.05, 0) is 56.4 Å². The van der Waals surface area contributed by atoms with Crippen LogP contribution in [0.1, 0.15) is 44.7 Å². The lowest BCUT2D eigenvalue weighted by molar-refractivity contribution is -0.139. The van der Waals surface area contributed by atoms with E-state index in [1.807, 2.05) is 64.1 Å². The van der Waals surface area contributed by atoms with Crippen molar-refractivity contribution in [2.75, 3.05) is 23.7 Å². The third-order valence-corrected chi connectivity index (χ3v) is 6.98. The number of hydrogen-bond acceptors (Lipinski definition) is 4. The third kappa shape index (κ3) is 7.87. The topological polar surface area (TPSA) is 86.8 Å². The molecule has 0 spiro atoms. The van der Waals surface area contributed by atoms with Gasteiger partial charge >= 0.3 is 0 Å².